The zero-order valence-corrected chi connectivity index (χ0v) is 29.7. The molecule has 11 heteroatoms. The molecule has 1 unspecified atom stereocenters. The van der Waals surface area contributed by atoms with E-state index in [1.807, 2.05) is 58.9 Å². The minimum Gasteiger partial charge on any atom is -0.748 e. The van der Waals surface area contributed by atoms with Crippen LogP contribution in [-0.2, 0) is 21.5 Å². The Morgan fingerprint density at radius 3 is 2.67 bits per heavy atom. The van der Waals surface area contributed by atoms with Crippen molar-refractivity contribution in [2.45, 2.75) is 97.6 Å². The van der Waals surface area contributed by atoms with Crippen molar-refractivity contribution in [3.63, 3.8) is 0 Å². The second-order valence-corrected chi connectivity index (χ2v) is 14.7. The summed E-state index contributed by atoms with van der Waals surface area (Å²) in [6, 6.07) is 10.9. The molecule has 0 fully saturated rings. The number of amides is 1. The Balaban J connectivity index is 1.48. The third-order valence-electron chi connectivity index (χ3n) is 8.74. The molecule has 3 aromatic rings. The summed E-state index contributed by atoms with van der Waals surface area (Å²) in [6.07, 6.45) is 14.5. The van der Waals surface area contributed by atoms with Gasteiger partial charge >= 0.3 is 5.89 Å². The van der Waals surface area contributed by atoms with Crippen LogP contribution in [0, 0.1) is 6.92 Å². The molecular weight excluding hydrogens is 650 g/mol. The van der Waals surface area contributed by atoms with Crippen molar-refractivity contribution >= 4 is 50.5 Å². The van der Waals surface area contributed by atoms with Gasteiger partial charge in [0.25, 0.3) is 5.52 Å². The van der Waals surface area contributed by atoms with E-state index in [1.54, 1.807) is 6.07 Å². The normalized spacial score (nSPS) is 17.1. The summed E-state index contributed by atoms with van der Waals surface area (Å²) in [6.45, 7) is 7.23. The van der Waals surface area contributed by atoms with E-state index in [-0.39, 0.29) is 12.3 Å². The van der Waals surface area contributed by atoms with Crippen LogP contribution in [0.15, 0.2) is 70.0 Å². The van der Waals surface area contributed by atoms with Crippen LogP contribution in [-0.4, -0.2) is 37.2 Å². The molecule has 258 valence electrons. The highest BCUT2D eigenvalue weighted by molar-refractivity contribution is 7.85. The Hall–Kier alpha value is -3.60. The first-order chi connectivity index (χ1) is 23.1. The molecule has 1 aromatic heterocycles. The monoisotopic (exact) mass is 695 g/mol. The van der Waals surface area contributed by atoms with Crippen molar-refractivity contribution in [2.24, 2.45) is 0 Å². The quantitative estimate of drug-likeness (QED) is 0.0983. The van der Waals surface area contributed by atoms with Gasteiger partial charge in [0.1, 0.15) is 6.04 Å². The number of hydrogen-bond donors (Lipinski definition) is 1. The zero-order chi connectivity index (χ0) is 34.3. The van der Waals surface area contributed by atoms with E-state index in [0.717, 1.165) is 79.3 Å². The molecule has 2 aromatic carbocycles. The molecule has 9 nitrogen and oxygen atoms in total. The number of aromatic nitrogens is 1. The molecule has 5 rings (SSSR count). The lowest BCUT2D eigenvalue weighted by Crippen LogP contribution is -2.46. The van der Waals surface area contributed by atoms with Gasteiger partial charge in [-0.1, -0.05) is 63.3 Å². The molecule has 2 aliphatic rings. The number of anilines is 1. The number of fused-ring (bicyclic) bond motifs is 2. The first kappa shape index (κ1) is 35.7. The fourth-order valence-electron chi connectivity index (χ4n) is 6.32. The summed E-state index contributed by atoms with van der Waals surface area (Å²) >= 11 is 6.46. The van der Waals surface area contributed by atoms with Crippen molar-refractivity contribution in [3.8, 4) is 5.75 Å². The summed E-state index contributed by atoms with van der Waals surface area (Å²) in [4.78, 5) is 15.7. The largest absolute Gasteiger partial charge is 0.748 e. The number of allylic oxidation sites excluding steroid dienone is 4. The molecule has 1 atom stereocenters. The van der Waals surface area contributed by atoms with E-state index >= 15 is 0 Å². The predicted molar refractivity (Wildman–Crippen MR) is 189 cm³/mol. The lowest BCUT2D eigenvalue weighted by Gasteiger charge is -2.29. The third-order valence-corrected chi connectivity index (χ3v) is 9.76. The standard InChI is InChI=1S/C37H46ClN3O6S/c1-4-6-8-18-39-37(42)30(13-7-5-2)41-32-25-29(38)15-17-34(32)47-36(41)24-28-12-9-11-27(22-28)23-35-40(19-10-20-48(43,44)45)31-21-26(3)14-16-33(31)46-35/h14-17,21-25,30H,4-13,18-20H2,1-3H3,(H-,39,42,43,44,45). The average molecular weight is 696 g/mol. The highest BCUT2D eigenvalue weighted by atomic mass is 35.5. The summed E-state index contributed by atoms with van der Waals surface area (Å²) < 4.78 is 48.6. The number of halogens is 1. The smallest absolute Gasteiger partial charge is 0.374 e. The van der Waals surface area contributed by atoms with E-state index in [9.17, 15) is 17.8 Å². The number of rotatable bonds is 15. The van der Waals surface area contributed by atoms with Gasteiger partial charge in [-0.05, 0) is 80.0 Å². The number of nitrogens with one attached hydrogen (secondary N) is 1. The molecule has 0 spiro atoms. The lowest BCUT2D eigenvalue weighted by atomic mass is 9.94. The minimum absolute atomic E-state index is 0.0189. The van der Waals surface area contributed by atoms with Gasteiger partial charge in [0.05, 0.1) is 21.9 Å². The zero-order valence-electron chi connectivity index (χ0n) is 28.1. The molecule has 1 N–H and O–H groups in total. The summed E-state index contributed by atoms with van der Waals surface area (Å²) in [5, 5.41) is 3.74. The first-order valence-electron chi connectivity index (χ1n) is 17.1. The van der Waals surface area contributed by atoms with Crippen LogP contribution in [0.2, 0.25) is 5.02 Å². The van der Waals surface area contributed by atoms with E-state index in [4.69, 9.17) is 20.8 Å². The van der Waals surface area contributed by atoms with Gasteiger partial charge in [-0.3, -0.25) is 9.69 Å². The molecule has 1 amide bonds. The molecule has 1 aliphatic heterocycles. The van der Waals surface area contributed by atoms with Gasteiger partial charge in [-0.2, -0.15) is 4.57 Å². The number of carbonyl (C=O) groups excluding carboxylic acids is 1. The summed E-state index contributed by atoms with van der Waals surface area (Å²) in [5.41, 5.74) is 5.48. The molecule has 48 heavy (non-hydrogen) atoms. The van der Waals surface area contributed by atoms with Gasteiger partial charge in [-0.25, -0.2) is 8.42 Å². The number of benzene rings is 2. The number of oxazole rings is 1. The predicted octanol–water partition coefficient (Wildman–Crippen LogP) is 7.72. The molecule has 2 heterocycles. The third kappa shape index (κ3) is 9.09. The fourth-order valence-corrected chi connectivity index (χ4v) is 6.97. The van der Waals surface area contributed by atoms with E-state index in [1.165, 1.54) is 0 Å². The number of nitrogens with zero attached hydrogens (tertiary/aromatic N) is 2. The summed E-state index contributed by atoms with van der Waals surface area (Å²) in [7, 11) is -4.32. The van der Waals surface area contributed by atoms with E-state index in [2.05, 4.69) is 25.2 Å². The van der Waals surface area contributed by atoms with Crippen molar-refractivity contribution in [1.82, 2.24) is 5.32 Å². The maximum absolute atomic E-state index is 13.7. The van der Waals surface area contributed by atoms with Gasteiger partial charge in [0.2, 0.25) is 17.4 Å². The van der Waals surface area contributed by atoms with Crippen molar-refractivity contribution in [1.29, 1.82) is 0 Å². The second-order valence-electron chi connectivity index (χ2n) is 12.7. The topological polar surface area (TPSA) is 116 Å². The minimum atomic E-state index is -4.32. The fraction of sp³-hybridized carbons (Fsp3) is 0.459. The van der Waals surface area contributed by atoms with Crippen LogP contribution < -0.4 is 19.5 Å². The van der Waals surface area contributed by atoms with Crippen molar-refractivity contribution < 1.29 is 31.5 Å². The SMILES string of the molecule is CCCCCNC(=O)C(CCCC)N1C(=CC2=CC(=Cc3oc4ccc(C)cc4[n+]3CCCS(=O)(=O)[O-])CCC2)Oc2ccc(Cl)cc21. The summed E-state index contributed by atoms with van der Waals surface area (Å²) in [5.74, 6) is 1.40. The number of ether oxygens (including phenoxy) is 1. The van der Waals surface area contributed by atoms with Gasteiger partial charge < -0.3 is 19.0 Å². The van der Waals surface area contributed by atoms with Crippen LogP contribution in [0.5, 0.6) is 5.75 Å². The highest BCUT2D eigenvalue weighted by Crippen LogP contribution is 2.43. The molecule has 0 saturated carbocycles. The van der Waals surface area contributed by atoms with E-state index in [0.29, 0.717) is 47.6 Å². The van der Waals surface area contributed by atoms with Gasteiger partial charge in [0.15, 0.2) is 12.3 Å². The van der Waals surface area contributed by atoms with Crippen molar-refractivity contribution in [2.75, 3.05) is 17.2 Å². The van der Waals surface area contributed by atoms with Crippen LogP contribution in [0.25, 0.3) is 17.2 Å². The Morgan fingerprint density at radius 2 is 1.90 bits per heavy atom. The van der Waals surface area contributed by atoms with Crippen LogP contribution >= 0.6 is 11.6 Å². The Bertz CT molecular complexity index is 1830. The number of unbranched alkanes of at least 4 members (excludes halogenated alkanes) is 3. The Kier molecular flexibility index (Phi) is 12.0. The number of hydrogen-bond acceptors (Lipinski definition) is 7. The van der Waals surface area contributed by atoms with Crippen LogP contribution in [0.3, 0.4) is 0 Å². The molecular formula is C37H46ClN3O6S. The van der Waals surface area contributed by atoms with Gasteiger partial charge in [0, 0.05) is 35.9 Å². The lowest BCUT2D eigenvalue weighted by molar-refractivity contribution is -0.677. The van der Waals surface area contributed by atoms with E-state index < -0.39 is 21.9 Å². The molecule has 0 radical (unpaired) electrons. The van der Waals surface area contributed by atoms with Crippen LogP contribution in [0.1, 0.15) is 89.5 Å². The second kappa shape index (κ2) is 16.2. The maximum atomic E-state index is 13.7. The molecule has 0 saturated heterocycles. The Labute approximate surface area is 289 Å². The maximum Gasteiger partial charge on any atom is 0.374 e. The number of aryl methyl sites for hydroxylation is 2. The Morgan fingerprint density at radius 1 is 1.08 bits per heavy atom. The van der Waals surface area contributed by atoms with Crippen LogP contribution in [0.4, 0.5) is 5.69 Å². The van der Waals surface area contributed by atoms with Gasteiger partial charge in [-0.15, -0.1) is 0 Å². The first-order valence-corrected chi connectivity index (χ1v) is 19.1. The van der Waals surface area contributed by atoms with Crippen molar-refractivity contribution in [3.05, 3.63) is 82.1 Å². The highest BCUT2D eigenvalue weighted by Gasteiger charge is 2.36. The average Bonchev–Trinajstić information content (AvgIpc) is 3.55. The molecule has 0 bridgehead atoms. The number of carbonyl (C=O) groups is 1. The molecule has 1 aliphatic carbocycles.